The number of rotatable bonds is 29. The van der Waals surface area contributed by atoms with Gasteiger partial charge in [0, 0.05) is 46.6 Å². The highest BCUT2D eigenvalue weighted by Crippen LogP contribution is 2.31. The minimum absolute atomic E-state index is 0.0231. The third-order valence-electron chi connectivity index (χ3n) is 13.3. The van der Waals surface area contributed by atoms with Gasteiger partial charge in [-0.25, -0.2) is 0 Å². The summed E-state index contributed by atoms with van der Waals surface area (Å²) in [5.74, 6) is -2.08. The lowest BCUT2D eigenvalue weighted by molar-refractivity contribution is -0.147. The van der Waals surface area contributed by atoms with Gasteiger partial charge in [0.2, 0.25) is 17.7 Å². The zero-order chi connectivity index (χ0) is 48.2. The minimum Gasteiger partial charge on any atom is -0.481 e. The van der Waals surface area contributed by atoms with Gasteiger partial charge in [0.25, 0.3) is 0 Å². The second-order valence-corrected chi connectivity index (χ2v) is 18.6. The molecule has 1 saturated heterocycles. The Morgan fingerprint density at radius 3 is 2.15 bits per heavy atom. The Morgan fingerprint density at radius 1 is 0.938 bits per heavy atom. The number of likely N-dealkylation sites (N-methyl/N-ethyl adjacent to an activating group) is 2. The van der Waals surface area contributed by atoms with Crippen LogP contribution in [0.25, 0.3) is 6.08 Å². The normalized spacial score (nSPS) is 17.8. The van der Waals surface area contributed by atoms with E-state index in [1.165, 1.54) is 5.56 Å². The van der Waals surface area contributed by atoms with Crippen molar-refractivity contribution in [3.05, 3.63) is 90.0 Å². The molecule has 1 aliphatic rings. The summed E-state index contributed by atoms with van der Waals surface area (Å²) in [6.07, 6.45) is 8.78. The van der Waals surface area contributed by atoms with Crippen LogP contribution in [0, 0.1) is 23.7 Å². The number of Topliss-reactive ketones (excluding diaryl/α,β-unsaturated/α-hetero) is 1. The predicted octanol–water partition coefficient (Wildman–Crippen LogP) is 8.10. The van der Waals surface area contributed by atoms with Crippen LogP contribution in [0.5, 0.6) is 0 Å². The zero-order valence-electron chi connectivity index (χ0n) is 41.0. The SMILES string of the molecule is C=C(C)C(C(=O)NC(C(=O)N(C)C(C(C)CC)C(CC(=O)N1CCCC1C(OC)C(C)C(=O)CCCC(C=Cc1ccccc1)Cc1ccccc1)OC)C(C)C)N(C)CCCC(=O)O. The number of carbonyl (C=O) groups excluding carboxylic acids is 4. The summed E-state index contributed by atoms with van der Waals surface area (Å²) in [5.41, 5.74) is 2.98. The number of carboxylic acid groups (broad SMARTS) is 1. The third-order valence-corrected chi connectivity index (χ3v) is 13.3. The van der Waals surface area contributed by atoms with Crippen LogP contribution in [0.4, 0.5) is 0 Å². The van der Waals surface area contributed by atoms with Crippen molar-refractivity contribution in [1.29, 1.82) is 0 Å². The monoisotopic (exact) mass is 901 g/mol. The molecule has 2 aromatic carbocycles. The Kier molecular flexibility index (Phi) is 23.3. The molecule has 2 aromatic rings. The first-order valence-corrected chi connectivity index (χ1v) is 23.7. The first kappa shape index (κ1) is 54.7. The highest BCUT2D eigenvalue weighted by molar-refractivity contribution is 5.91. The maximum Gasteiger partial charge on any atom is 0.303 e. The van der Waals surface area contributed by atoms with Crippen molar-refractivity contribution >= 4 is 35.6 Å². The molecule has 12 nitrogen and oxygen atoms in total. The molecule has 1 heterocycles. The van der Waals surface area contributed by atoms with Crippen molar-refractivity contribution in [3.63, 3.8) is 0 Å². The van der Waals surface area contributed by atoms with Gasteiger partial charge in [-0.3, -0.25) is 28.9 Å². The smallest absolute Gasteiger partial charge is 0.303 e. The van der Waals surface area contributed by atoms with E-state index in [9.17, 15) is 24.0 Å². The summed E-state index contributed by atoms with van der Waals surface area (Å²) in [4.78, 5) is 72.9. The van der Waals surface area contributed by atoms with E-state index in [2.05, 4.69) is 60.4 Å². The summed E-state index contributed by atoms with van der Waals surface area (Å²) in [6.45, 7) is 16.4. The van der Waals surface area contributed by atoms with Gasteiger partial charge >= 0.3 is 5.97 Å². The van der Waals surface area contributed by atoms with Crippen LogP contribution in [0.15, 0.2) is 78.9 Å². The fraction of sp³-hybridized carbons (Fsp3) is 0.604. The number of likely N-dealkylation sites (tertiary alicyclic amines) is 1. The van der Waals surface area contributed by atoms with Gasteiger partial charge in [0.05, 0.1) is 30.7 Å². The predicted molar refractivity (Wildman–Crippen MR) is 259 cm³/mol. The fourth-order valence-corrected chi connectivity index (χ4v) is 9.47. The molecule has 360 valence electrons. The van der Waals surface area contributed by atoms with Crippen LogP contribution < -0.4 is 5.32 Å². The van der Waals surface area contributed by atoms with E-state index in [1.807, 2.05) is 63.8 Å². The highest BCUT2D eigenvalue weighted by atomic mass is 16.5. The van der Waals surface area contributed by atoms with Crippen molar-refractivity contribution in [2.24, 2.45) is 23.7 Å². The number of nitrogens with one attached hydrogen (secondary N) is 1. The minimum atomic E-state index is -0.908. The van der Waals surface area contributed by atoms with Crippen LogP contribution in [-0.2, 0) is 39.9 Å². The molecule has 9 unspecified atom stereocenters. The summed E-state index contributed by atoms with van der Waals surface area (Å²) in [5, 5.41) is 12.1. The number of ether oxygens (including phenoxy) is 2. The number of carboxylic acids is 1. The number of aliphatic carboxylic acids is 1. The number of hydrogen-bond acceptors (Lipinski definition) is 8. The molecule has 1 fully saturated rings. The number of carbonyl (C=O) groups is 5. The Bertz CT molecular complexity index is 1840. The van der Waals surface area contributed by atoms with Crippen molar-refractivity contribution in [1.82, 2.24) is 20.0 Å². The molecule has 0 saturated carbocycles. The number of hydrogen-bond donors (Lipinski definition) is 2. The van der Waals surface area contributed by atoms with Crippen molar-refractivity contribution in [3.8, 4) is 0 Å². The second kappa shape index (κ2) is 27.7. The van der Waals surface area contributed by atoms with E-state index >= 15 is 0 Å². The van der Waals surface area contributed by atoms with E-state index in [0.29, 0.717) is 44.3 Å². The Hall–Kier alpha value is -4.65. The lowest BCUT2D eigenvalue weighted by Gasteiger charge is -2.41. The average molecular weight is 901 g/mol. The molecule has 1 aliphatic heterocycles. The molecular formula is C53H80N4O8. The standard InChI is InChI=1S/C53H80N4O8/c1-12-38(6)50(56(9)53(63)48(36(2)3)54-52(62)49(37(4)5)55(8)32-21-29-47(60)61)45(64-10)35-46(59)57-33-20-27-43(57)51(65-11)39(7)44(58)28-19-26-42(34-41-24-17-14-18-25-41)31-30-40-22-15-13-16-23-40/h13-18,22-25,30-31,36,38-39,42-43,45,48-51H,4,12,19-21,26-29,32-35H2,1-3,5-11H3,(H,54,62)(H,60,61). The maximum atomic E-state index is 14.5. The number of amides is 3. The lowest BCUT2D eigenvalue weighted by atomic mass is 9.87. The molecule has 65 heavy (non-hydrogen) atoms. The van der Waals surface area contributed by atoms with Gasteiger partial charge in [0.1, 0.15) is 17.9 Å². The molecule has 9 atom stereocenters. The van der Waals surface area contributed by atoms with Gasteiger partial charge in [-0.1, -0.05) is 126 Å². The number of methoxy groups -OCH3 is 2. The second-order valence-electron chi connectivity index (χ2n) is 18.6. The lowest BCUT2D eigenvalue weighted by Crippen LogP contribution is -2.59. The molecule has 0 aliphatic carbocycles. The van der Waals surface area contributed by atoms with Crippen LogP contribution >= 0.6 is 0 Å². The van der Waals surface area contributed by atoms with Crippen molar-refractivity contribution in [2.75, 3.05) is 41.4 Å². The largest absolute Gasteiger partial charge is 0.481 e. The Labute approximate surface area is 390 Å². The van der Waals surface area contributed by atoms with Crippen LogP contribution in [0.1, 0.15) is 110 Å². The van der Waals surface area contributed by atoms with Gasteiger partial charge in [-0.05, 0) is 87.9 Å². The van der Waals surface area contributed by atoms with Crippen molar-refractivity contribution in [2.45, 2.75) is 142 Å². The maximum absolute atomic E-state index is 14.5. The number of benzene rings is 2. The van der Waals surface area contributed by atoms with Gasteiger partial charge in [-0.15, -0.1) is 0 Å². The average Bonchev–Trinajstić information content (AvgIpc) is 3.77. The van der Waals surface area contributed by atoms with Gasteiger partial charge in [-0.2, -0.15) is 0 Å². The first-order chi connectivity index (χ1) is 30.9. The van der Waals surface area contributed by atoms with E-state index in [0.717, 1.165) is 31.2 Å². The molecule has 12 heteroatoms. The summed E-state index contributed by atoms with van der Waals surface area (Å²) in [6, 6.07) is 18.3. The molecular weight excluding hydrogens is 821 g/mol. The van der Waals surface area contributed by atoms with Crippen LogP contribution in [-0.4, -0.2) is 127 Å². The Balaban J connectivity index is 1.72. The van der Waals surface area contributed by atoms with Gasteiger partial charge in [0.15, 0.2) is 0 Å². The van der Waals surface area contributed by atoms with E-state index < -0.39 is 48.1 Å². The molecule has 3 rings (SSSR count). The van der Waals surface area contributed by atoms with Crippen molar-refractivity contribution < 1.29 is 38.6 Å². The van der Waals surface area contributed by atoms with Gasteiger partial charge < -0.3 is 29.7 Å². The molecule has 0 radical (unpaired) electrons. The van der Waals surface area contributed by atoms with E-state index in [-0.39, 0.29) is 54.2 Å². The molecule has 0 bridgehead atoms. The molecule has 3 amide bonds. The van der Waals surface area contributed by atoms with Crippen LogP contribution in [0.3, 0.4) is 0 Å². The van der Waals surface area contributed by atoms with E-state index in [4.69, 9.17) is 14.6 Å². The molecule has 2 N–H and O–H groups in total. The van der Waals surface area contributed by atoms with E-state index in [1.54, 1.807) is 45.0 Å². The summed E-state index contributed by atoms with van der Waals surface area (Å²) >= 11 is 0. The third kappa shape index (κ3) is 16.6. The Morgan fingerprint density at radius 2 is 1.58 bits per heavy atom. The summed E-state index contributed by atoms with van der Waals surface area (Å²) in [7, 11) is 6.64. The molecule has 0 spiro atoms. The quantitative estimate of drug-likeness (QED) is 0.0774. The fourth-order valence-electron chi connectivity index (χ4n) is 9.47. The zero-order valence-corrected chi connectivity index (χ0v) is 41.0. The number of allylic oxidation sites excluding steroid dienone is 1. The number of nitrogens with zero attached hydrogens (tertiary/aromatic N) is 3. The topological polar surface area (TPSA) is 146 Å². The summed E-state index contributed by atoms with van der Waals surface area (Å²) < 4.78 is 12.2. The highest BCUT2D eigenvalue weighted by Gasteiger charge is 2.43. The first-order valence-electron chi connectivity index (χ1n) is 23.7. The molecule has 0 aromatic heterocycles. The number of ketones is 1. The van der Waals surface area contributed by atoms with Crippen LogP contribution in [0.2, 0.25) is 0 Å².